The van der Waals surface area contributed by atoms with Crippen molar-refractivity contribution in [1.82, 2.24) is 9.80 Å². The summed E-state index contributed by atoms with van der Waals surface area (Å²) in [5, 5.41) is 9.83. The number of rotatable bonds is 6. The van der Waals surface area contributed by atoms with Crippen molar-refractivity contribution in [3.05, 3.63) is 35.6 Å². The van der Waals surface area contributed by atoms with Gasteiger partial charge in [-0.15, -0.1) is 0 Å². The highest BCUT2D eigenvalue weighted by Crippen LogP contribution is 2.27. The van der Waals surface area contributed by atoms with Crippen LogP contribution in [0.15, 0.2) is 24.3 Å². The predicted molar refractivity (Wildman–Crippen MR) is 91.3 cm³/mol. The standard InChI is InChI=1S/C19H25FN2O3/c20-15-6-4-14(5-7-15)10-12-22(16-8-9-16)18(24)13-21-11-2-1-3-17(23)19(21)25/h4-7,16-17,23H,1-3,8-13H2. The summed E-state index contributed by atoms with van der Waals surface area (Å²) in [5.74, 6) is -0.663. The van der Waals surface area contributed by atoms with Gasteiger partial charge in [0.2, 0.25) is 5.91 Å². The summed E-state index contributed by atoms with van der Waals surface area (Å²) in [4.78, 5) is 28.2. The molecule has 136 valence electrons. The zero-order chi connectivity index (χ0) is 17.8. The molecule has 1 saturated carbocycles. The van der Waals surface area contributed by atoms with Gasteiger partial charge < -0.3 is 14.9 Å². The molecular formula is C19H25FN2O3. The lowest BCUT2D eigenvalue weighted by Gasteiger charge is -2.27. The van der Waals surface area contributed by atoms with Gasteiger partial charge in [-0.1, -0.05) is 12.1 Å². The summed E-state index contributed by atoms with van der Waals surface area (Å²) in [5.41, 5.74) is 0.987. The van der Waals surface area contributed by atoms with E-state index in [1.807, 2.05) is 4.90 Å². The summed E-state index contributed by atoms with van der Waals surface area (Å²) in [6.07, 6.45) is 3.75. The van der Waals surface area contributed by atoms with Crippen LogP contribution in [0.3, 0.4) is 0 Å². The summed E-state index contributed by atoms with van der Waals surface area (Å²) in [6.45, 7) is 1.13. The molecular weight excluding hydrogens is 323 g/mol. The van der Waals surface area contributed by atoms with Crippen molar-refractivity contribution in [3.8, 4) is 0 Å². The van der Waals surface area contributed by atoms with Gasteiger partial charge in [0.05, 0.1) is 6.54 Å². The Morgan fingerprint density at radius 1 is 1.20 bits per heavy atom. The van der Waals surface area contributed by atoms with Crippen LogP contribution in [-0.4, -0.2) is 58.5 Å². The van der Waals surface area contributed by atoms with Crippen LogP contribution in [0.5, 0.6) is 0 Å². The molecule has 1 unspecified atom stereocenters. The van der Waals surface area contributed by atoms with Gasteiger partial charge in [0, 0.05) is 19.1 Å². The number of carbonyl (C=O) groups is 2. The first-order valence-corrected chi connectivity index (χ1v) is 9.05. The maximum atomic E-state index is 13.0. The lowest BCUT2D eigenvalue weighted by Crippen LogP contribution is -2.46. The van der Waals surface area contributed by atoms with Crippen LogP contribution in [0.25, 0.3) is 0 Å². The number of halogens is 1. The van der Waals surface area contributed by atoms with E-state index in [2.05, 4.69) is 0 Å². The molecule has 1 aliphatic heterocycles. The van der Waals surface area contributed by atoms with Gasteiger partial charge >= 0.3 is 0 Å². The molecule has 1 heterocycles. The molecule has 0 bridgehead atoms. The number of aliphatic hydroxyl groups excluding tert-OH is 1. The Bertz CT molecular complexity index is 616. The van der Waals surface area contributed by atoms with Crippen LogP contribution in [-0.2, 0) is 16.0 Å². The lowest BCUT2D eigenvalue weighted by atomic mass is 10.1. The Balaban J connectivity index is 1.59. The maximum Gasteiger partial charge on any atom is 0.251 e. The SMILES string of the molecule is O=C1C(O)CCCCN1CC(=O)N(CCc1ccc(F)cc1)C1CC1. The third-order valence-corrected chi connectivity index (χ3v) is 4.94. The second kappa shape index (κ2) is 7.95. The number of amides is 2. The lowest BCUT2D eigenvalue weighted by molar-refractivity contribution is -0.145. The summed E-state index contributed by atoms with van der Waals surface area (Å²) in [6, 6.07) is 6.57. The van der Waals surface area contributed by atoms with Crippen LogP contribution >= 0.6 is 0 Å². The van der Waals surface area contributed by atoms with Gasteiger partial charge in [-0.25, -0.2) is 4.39 Å². The molecule has 6 heteroatoms. The average molecular weight is 348 g/mol. The van der Waals surface area contributed by atoms with E-state index in [-0.39, 0.29) is 30.2 Å². The fourth-order valence-corrected chi connectivity index (χ4v) is 3.29. The molecule has 5 nitrogen and oxygen atoms in total. The molecule has 2 fully saturated rings. The van der Waals surface area contributed by atoms with Gasteiger partial charge in [-0.2, -0.15) is 0 Å². The Labute approximate surface area is 147 Å². The fourth-order valence-electron chi connectivity index (χ4n) is 3.29. The molecule has 1 aliphatic carbocycles. The van der Waals surface area contributed by atoms with Crippen LogP contribution in [0.4, 0.5) is 4.39 Å². The molecule has 0 spiro atoms. The van der Waals surface area contributed by atoms with Crippen molar-refractivity contribution in [2.45, 2.75) is 50.7 Å². The number of hydrogen-bond donors (Lipinski definition) is 1. The van der Waals surface area contributed by atoms with E-state index in [0.717, 1.165) is 31.2 Å². The highest BCUT2D eigenvalue weighted by atomic mass is 19.1. The van der Waals surface area contributed by atoms with Gasteiger partial charge in [-0.05, 0) is 56.2 Å². The molecule has 2 aliphatic rings. The molecule has 0 aromatic heterocycles. The van der Waals surface area contributed by atoms with Crippen molar-refractivity contribution in [1.29, 1.82) is 0 Å². The van der Waals surface area contributed by atoms with Gasteiger partial charge in [0.1, 0.15) is 11.9 Å². The second-order valence-electron chi connectivity index (χ2n) is 6.97. The van der Waals surface area contributed by atoms with Gasteiger partial charge in [0.25, 0.3) is 5.91 Å². The molecule has 25 heavy (non-hydrogen) atoms. The molecule has 1 saturated heterocycles. The van der Waals surface area contributed by atoms with Crippen LogP contribution in [0.2, 0.25) is 0 Å². The van der Waals surface area contributed by atoms with E-state index in [1.54, 1.807) is 12.1 Å². The molecule has 1 aromatic carbocycles. The number of carbonyl (C=O) groups excluding carboxylic acids is 2. The van der Waals surface area contributed by atoms with Crippen molar-refractivity contribution in [3.63, 3.8) is 0 Å². The Kier molecular flexibility index (Phi) is 5.68. The minimum Gasteiger partial charge on any atom is -0.383 e. The zero-order valence-corrected chi connectivity index (χ0v) is 14.4. The minimum absolute atomic E-state index is 0.0375. The van der Waals surface area contributed by atoms with Crippen LogP contribution in [0.1, 0.15) is 37.7 Å². The topological polar surface area (TPSA) is 60.9 Å². The highest BCUT2D eigenvalue weighted by Gasteiger charge is 2.34. The van der Waals surface area contributed by atoms with E-state index >= 15 is 0 Å². The summed E-state index contributed by atoms with van der Waals surface area (Å²) < 4.78 is 13.0. The van der Waals surface area contributed by atoms with E-state index in [9.17, 15) is 19.1 Å². The van der Waals surface area contributed by atoms with Crippen molar-refractivity contribution in [2.24, 2.45) is 0 Å². The maximum absolute atomic E-state index is 13.0. The molecule has 2 amide bonds. The Hall–Kier alpha value is -1.95. The molecule has 1 N–H and O–H groups in total. The number of hydrogen-bond acceptors (Lipinski definition) is 3. The third kappa shape index (κ3) is 4.78. The highest BCUT2D eigenvalue weighted by molar-refractivity contribution is 5.87. The largest absolute Gasteiger partial charge is 0.383 e. The predicted octanol–water partition coefficient (Wildman–Crippen LogP) is 1.73. The first-order valence-electron chi connectivity index (χ1n) is 9.05. The van der Waals surface area contributed by atoms with Crippen molar-refractivity contribution >= 4 is 11.8 Å². The molecule has 1 atom stereocenters. The fraction of sp³-hybridized carbons (Fsp3) is 0.579. The monoisotopic (exact) mass is 348 g/mol. The first kappa shape index (κ1) is 17.9. The van der Waals surface area contributed by atoms with Crippen LogP contribution in [0, 0.1) is 5.82 Å². The van der Waals surface area contributed by atoms with Gasteiger partial charge in [0.15, 0.2) is 0 Å². The van der Waals surface area contributed by atoms with E-state index < -0.39 is 6.10 Å². The smallest absolute Gasteiger partial charge is 0.251 e. The Morgan fingerprint density at radius 2 is 1.92 bits per heavy atom. The zero-order valence-electron chi connectivity index (χ0n) is 14.4. The third-order valence-electron chi connectivity index (χ3n) is 4.94. The summed E-state index contributed by atoms with van der Waals surface area (Å²) >= 11 is 0. The van der Waals surface area contributed by atoms with Crippen molar-refractivity contribution < 1.29 is 19.1 Å². The van der Waals surface area contributed by atoms with Crippen molar-refractivity contribution in [2.75, 3.05) is 19.6 Å². The van der Waals surface area contributed by atoms with E-state index in [4.69, 9.17) is 0 Å². The Morgan fingerprint density at radius 3 is 2.60 bits per heavy atom. The quantitative estimate of drug-likeness (QED) is 0.852. The number of aliphatic hydroxyl groups is 1. The van der Waals surface area contributed by atoms with E-state index in [0.29, 0.717) is 25.9 Å². The number of likely N-dealkylation sites (tertiary alicyclic amines) is 1. The first-order chi connectivity index (χ1) is 12.0. The summed E-state index contributed by atoms with van der Waals surface area (Å²) in [7, 11) is 0. The molecule has 3 rings (SSSR count). The van der Waals surface area contributed by atoms with Crippen LogP contribution < -0.4 is 0 Å². The number of benzene rings is 1. The number of nitrogens with zero attached hydrogens (tertiary/aromatic N) is 2. The van der Waals surface area contributed by atoms with E-state index in [1.165, 1.54) is 17.0 Å². The average Bonchev–Trinajstić information content (AvgIpc) is 3.43. The second-order valence-corrected chi connectivity index (χ2v) is 6.97. The molecule has 0 radical (unpaired) electrons. The minimum atomic E-state index is -0.983. The van der Waals surface area contributed by atoms with Gasteiger partial charge in [-0.3, -0.25) is 9.59 Å². The molecule has 1 aromatic rings. The normalized spacial score (nSPS) is 21.1.